The van der Waals surface area contributed by atoms with Crippen LogP contribution in [-0.4, -0.2) is 159 Å². The molecule has 0 spiro atoms. The van der Waals surface area contributed by atoms with Crippen molar-refractivity contribution in [3.05, 3.63) is 12.7 Å². The van der Waals surface area contributed by atoms with Gasteiger partial charge in [-0.05, 0) is 6.42 Å². The number of unbranched alkanes of at least 4 members (excludes halogenated alkanes) is 2. The molecule has 0 aromatic rings. The van der Waals surface area contributed by atoms with Gasteiger partial charge in [0.15, 0.2) is 0 Å². The molecule has 0 atom stereocenters. The van der Waals surface area contributed by atoms with Gasteiger partial charge in [0.2, 0.25) is 0 Å². The Labute approximate surface area is 254 Å². The molecule has 0 aliphatic rings. The van der Waals surface area contributed by atoms with Gasteiger partial charge in [0.25, 0.3) is 0 Å². The van der Waals surface area contributed by atoms with Crippen molar-refractivity contribution >= 4 is 0 Å². The summed E-state index contributed by atoms with van der Waals surface area (Å²) in [5.74, 6) is 0. The van der Waals surface area contributed by atoms with Crippen LogP contribution in [0, 0.1) is 0 Å². The molecule has 0 radical (unpaired) electrons. The molecule has 0 fully saturated rings. The second-order valence-corrected chi connectivity index (χ2v) is 8.81. The van der Waals surface area contributed by atoms with E-state index in [2.05, 4.69) is 13.5 Å². The van der Waals surface area contributed by atoms with Gasteiger partial charge in [-0.3, -0.25) is 0 Å². The summed E-state index contributed by atoms with van der Waals surface area (Å²) in [6, 6.07) is 0. The molecule has 0 aromatic carbocycles. The molecule has 0 aromatic heterocycles. The fourth-order valence-electron chi connectivity index (χ4n) is 3.04. The third kappa shape index (κ3) is 39.3. The van der Waals surface area contributed by atoms with Gasteiger partial charge in [0, 0.05) is 6.61 Å². The van der Waals surface area contributed by atoms with Gasteiger partial charge in [-0.1, -0.05) is 25.8 Å². The number of rotatable bonds is 39. The van der Waals surface area contributed by atoms with E-state index in [1.54, 1.807) is 6.08 Å². The minimum Gasteiger partial charge on any atom is -0.379 e. The lowest BCUT2D eigenvalue weighted by Crippen LogP contribution is -2.15. The van der Waals surface area contributed by atoms with Crippen molar-refractivity contribution in [3.8, 4) is 0 Å². The van der Waals surface area contributed by atoms with Crippen LogP contribution in [0.1, 0.15) is 26.2 Å². The van der Waals surface area contributed by atoms with E-state index < -0.39 is 0 Å². The Bertz CT molecular complexity index is 487. The standard InChI is InChI=1S/C30H60O12/c1-3-5-6-8-32-10-12-34-14-16-36-18-20-38-22-24-40-26-28-42-30-29-41-27-25-39-23-21-37-19-17-35-15-13-33-11-9-31-7-4-2/h4H,2-3,5-30H2,1H3. The van der Waals surface area contributed by atoms with E-state index in [1.165, 1.54) is 12.8 Å². The topological polar surface area (TPSA) is 111 Å². The fourth-order valence-corrected chi connectivity index (χ4v) is 3.04. The molecule has 0 N–H and O–H groups in total. The van der Waals surface area contributed by atoms with Gasteiger partial charge in [-0.2, -0.15) is 0 Å². The third-order valence-corrected chi connectivity index (χ3v) is 5.22. The van der Waals surface area contributed by atoms with Crippen LogP contribution < -0.4 is 0 Å². The number of hydrogen-bond acceptors (Lipinski definition) is 12. The third-order valence-electron chi connectivity index (χ3n) is 5.22. The molecular formula is C30H60O12. The maximum absolute atomic E-state index is 5.48. The highest BCUT2D eigenvalue weighted by Crippen LogP contribution is 1.94. The largest absolute Gasteiger partial charge is 0.379 e. The van der Waals surface area contributed by atoms with Crippen molar-refractivity contribution in [2.24, 2.45) is 0 Å². The molecule has 0 aliphatic heterocycles. The van der Waals surface area contributed by atoms with Crippen molar-refractivity contribution in [2.75, 3.05) is 159 Å². The zero-order chi connectivity index (χ0) is 30.3. The molecule has 0 heterocycles. The molecule has 252 valence electrons. The summed E-state index contributed by atoms with van der Waals surface area (Å²) in [6.07, 6.45) is 5.26. The van der Waals surface area contributed by atoms with Crippen LogP contribution in [-0.2, 0) is 56.8 Å². The average Bonchev–Trinajstić information content (AvgIpc) is 3.00. The normalized spacial score (nSPS) is 11.5. The first-order valence-electron chi connectivity index (χ1n) is 15.5. The van der Waals surface area contributed by atoms with E-state index in [0.717, 1.165) is 13.0 Å². The van der Waals surface area contributed by atoms with Gasteiger partial charge in [-0.15, -0.1) is 6.58 Å². The van der Waals surface area contributed by atoms with E-state index in [1.807, 2.05) is 0 Å². The van der Waals surface area contributed by atoms with Crippen LogP contribution in [0.4, 0.5) is 0 Å². The SMILES string of the molecule is C=CCOCCOCCOCCOCCOCCOCCOCCOCCOCCOCCOCCOCCCCC. The van der Waals surface area contributed by atoms with Crippen molar-refractivity contribution in [1.29, 1.82) is 0 Å². The predicted molar refractivity (Wildman–Crippen MR) is 160 cm³/mol. The van der Waals surface area contributed by atoms with Gasteiger partial charge < -0.3 is 56.8 Å². The van der Waals surface area contributed by atoms with Crippen molar-refractivity contribution in [3.63, 3.8) is 0 Å². The first-order valence-corrected chi connectivity index (χ1v) is 15.5. The van der Waals surface area contributed by atoms with Gasteiger partial charge >= 0.3 is 0 Å². The second kappa shape index (κ2) is 40.3. The highest BCUT2D eigenvalue weighted by molar-refractivity contribution is 4.63. The zero-order valence-electron chi connectivity index (χ0n) is 26.3. The first-order chi connectivity index (χ1) is 20.9. The maximum Gasteiger partial charge on any atom is 0.0704 e. The molecule has 12 nitrogen and oxygen atoms in total. The van der Waals surface area contributed by atoms with E-state index in [-0.39, 0.29) is 0 Å². The van der Waals surface area contributed by atoms with Gasteiger partial charge in [-0.25, -0.2) is 0 Å². The summed E-state index contributed by atoms with van der Waals surface area (Å²) in [4.78, 5) is 0. The Kier molecular flexibility index (Phi) is 39.6. The molecular weight excluding hydrogens is 552 g/mol. The molecule has 0 saturated carbocycles. The summed E-state index contributed by atoms with van der Waals surface area (Å²) in [7, 11) is 0. The zero-order valence-corrected chi connectivity index (χ0v) is 26.3. The summed E-state index contributed by atoms with van der Waals surface area (Å²) < 4.78 is 65.2. The lowest BCUT2D eigenvalue weighted by Gasteiger charge is -2.09. The Morgan fingerprint density at radius 3 is 0.738 bits per heavy atom. The van der Waals surface area contributed by atoms with Crippen LogP contribution in [0.3, 0.4) is 0 Å². The van der Waals surface area contributed by atoms with Crippen molar-refractivity contribution in [1.82, 2.24) is 0 Å². The lowest BCUT2D eigenvalue weighted by atomic mass is 10.3. The molecule has 0 unspecified atom stereocenters. The van der Waals surface area contributed by atoms with Gasteiger partial charge in [0.05, 0.1) is 152 Å². The van der Waals surface area contributed by atoms with Crippen LogP contribution in [0.25, 0.3) is 0 Å². The van der Waals surface area contributed by atoms with Crippen LogP contribution in [0.5, 0.6) is 0 Å². The maximum atomic E-state index is 5.48. The average molecular weight is 613 g/mol. The molecule has 0 amide bonds. The fraction of sp³-hybridized carbons (Fsp3) is 0.933. The minimum atomic E-state index is 0.518. The minimum absolute atomic E-state index is 0.518. The van der Waals surface area contributed by atoms with Crippen LogP contribution in [0.2, 0.25) is 0 Å². The van der Waals surface area contributed by atoms with Crippen LogP contribution >= 0.6 is 0 Å². The summed E-state index contributed by atoms with van der Waals surface area (Å²) in [5.41, 5.74) is 0. The van der Waals surface area contributed by atoms with Crippen LogP contribution in [0.15, 0.2) is 12.7 Å². The van der Waals surface area contributed by atoms with Gasteiger partial charge in [0.1, 0.15) is 0 Å². The molecule has 0 saturated heterocycles. The van der Waals surface area contributed by atoms with E-state index in [9.17, 15) is 0 Å². The molecule has 12 heteroatoms. The molecule has 0 aliphatic carbocycles. The Morgan fingerprint density at radius 1 is 0.310 bits per heavy atom. The van der Waals surface area contributed by atoms with E-state index >= 15 is 0 Å². The first kappa shape index (κ1) is 41.3. The predicted octanol–water partition coefficient (Wildman–Crippen LogP) is 2.56. The highest BCUT2D eigenvalue weighted by atomic mass is 16.6. The molecule has 42 heavy (non-hydrogen) atoms. The van der Waals surface area contributed by atoms with E-state index in [4.69, 9.17) is 56.8 Å². The quantitative estimate of drug-likeness (QED) is 0.0752. The Balaban J connectivity index is 3.02. The molecule has 0 bridgehead atoms. The second-order valence-electron chi connectivity index (χ2n) is 8.81. The summed E-state index contributed by atoms with van der Waals surface area (Å²) >= 11 is 0. The van der Waals surface area contributed by atoms with Crippen molar-refractivity contribution < 1.29 is 56.8 Å². The Morgan fingerprint density at radius 2 is 0.524 bits per heavy atom. The monoisotopic (exact) mass is 612 g/mol. The smallest absolute Gasteiger partial charge is 0.0704 e. The lowest BCUT2D eigenvalue weighted by molar-refractivity contribution is -0.0282. The van der Waals surface area contributed by atoms with E-state index in [0.29, 0.717) is 152 Å². The number of hydrogen-bond donors (Lipinski definition) is 0. The van der Waals surface area contributed by atoms with Crippen molar-refractivity contribution in [2.45, 2.75) is 26.2 Å². The summed E-state index contributed by atoms with van der Waals surface area (Å²) in [6.45, 7) is 19.0. The molecule has 0 rings (SSSR count). The Hall–Kier alpha value is -0.740. The highest BCUT2D eigenvalue weighted by Gasteiger charge is 1.96. The number of ether oxygens (including phenoxy) is 12. The summed E-state index contributed by atoms with van der Waals surface area (Å²) in [5, 5.41) is 0.